The first-order valence-corrected chi connectivity index (χ1v) is 15.2. The highest BCUT2D eigenvalue weighted by Crippen LogP contribution is 2.59. The maximum atomic E-state index is 12.3. The van der Waals surface area contributed by atoms with Gasteiger partial charge in [-0.05, 0) is 26.2 Å². The van der Waals surface area contributed by atoms with Crippen LogP contribution >= 0.6 is 10.8 Å². The Hall–Kier alpha value is -1.47. The molecule has 4 N–H and O–H groups in total. The van der Waals surface area contributed by atoms with Gasteiger partial charge in [0.1, 0.15) is 0 Å². The molecule has 3 rings (SSSR count). The lowest BCUT2D eigenvalue weighted by atomic mass is 9.98. The van der Waals surface area contributed by atoms with Gasteiger partial charge < -0.3 is 15.2 Å². The van der Waals surface area contributed by atoms with Crippen LogP contribution in [-0.4, -0.2) is 106 Å². The van der Waals surface area contributed by atoms with Crippen molar-refractivity contribution in [1.29, 1.82) is 0 Å². The number of ether oxygens (including phenoxy) is 2. The molecule has 1 amide bonds. The number of allylic oxidation sites excluding steroid dienone is 3. The van der Waals surface area contributed by atoms with E-state index in [9.17, 15) is 13.9 Å². The van der Waals surface area contributed by atoms with Gasteiger partial charge in [0.15, 0.2) is 4.75 Å². The molecule has 2 unspecified atom stereocenters. The molecule has 0 radical (unpaired) electrons. The van der Waals surface area contributed by atoms with E-state index in [0.717, 1.165) is 13.0 Å². The molecule has 2 saturated heterocycles. The van der Waals surface area contributed by atoms with Crippen LogP contribution in [-0.2, 0) is 14.3 Å². The zero-order chi connectivity index (χ0) is 29.4. The molecule has 10 nitrogen and oxygen atoms in total. The first-order chi connectivity index (χ1) is 18.1. The van der Waals surface area contributed by atoms with Crippen LogP contribution < -0.4 is 5.73 Å². The van der Waals surface area contributed by atoms with E-state index >= 15 is 0 Å². The fourth-order valence-corrected chi connectivity index (χ4v) is 6.82. The Morgan fingerprint density at radius 2 is 1.74 bits per heavy atom. The van der Waals surface area contributed by atoms with E-state index in [4.69, 9.17) is 10.5 Å². The van der Waals surface area contributed by atoms with Crippen LogP contribution in [0.1, 0.15) is 60.8 Å². The summed E-state index contributed by atoms with van der Waals surface area (Å²) in [5.41, 5.74) is 6.83. The van der Waals surface area contributed by atoms with Crippen molar-refractivity contribution in [3.05, 3.63) is 24.4 Å². The highest BCUT2D eigenvalue weighted by atomic mass is 32.3. The number of carbonyl (C=O) groups is 1. The van der Waals surface area contributed by atoms with Crippen LogP contribution in [0, 0.1) is 5.92 Å². The van der Waals surface area contributed by atoms with Crippen molar-refractivity contribution in [3.8, 4) is 0 Å². The van der Waals surface area contributed by atoms with Gasteiger partial charge in [0, 0.05) is 84.9 Å². The van der Waals surface area contributed by atoms with E-state index in [1.807, 2.05) is 27.0 Å². The molecule has 2 fully saturated rings. The molecule has 3 heterocycles. The molecular weight excluding hydrogens is 506 g/mol. The Morgan fingerprint density at radius 1 is 1.24 bits per heavy atom. The summed E-state index contributed by atoms with van der Waals surface area (Å²) in [4.78, 5) is 14.6. The molecule has 0 aromatic heterocycles. The van der Waals surface area contributed by atoms with Crippen molar-refractivity contribution in [3.63, 3.8) is 0 Å². The highest BCUT2D eigenvalue weighted by molar-refractivity contribution is 8.24. The number of nitrogens with zero attached hydrogens (tertiary/aromatic N) is 4. The summed E-state index contributed by atoms with van der Waals surface area (Å²) < 4.78 is 32.2. The largest absolute Gasteiger partial charge is 0.388 e. The summed E-state index contributed by atoms with van der Waals surface area (Å²) in [5.74, 6) is -0.237. The van der Waals surface area contributed by atoms with Crippen LogP contribution in [0.2, 0.25) is 0 Å². The third-order valence-electron chi connectivity index (χ3n) is 6.64. The number of amides is 1. The van der Waals surface area contributed by atoms with Gasteiger partial charge in [-0.2, -0.15) is 5.10 Å². The van der Waals surface area contributed by atoms with Crippen molar-refractivity contribution in [2.75, 3.05) is 60.2 Å². The quantitative estimate of drug-likeness (QED) is 0.408. The Labute approximate surface area is 233 Å². The van der Waals surface area contributed by atoms with E-state index < -0.39 is 21.4 Å². The molecule has 0 aromatic carbocycles. The Bertz CT molecular complexity index is 735. The summed E-state index contributed by atoms with van der Waals surface area (Å²) in [5, 5.41) is 6.70. The van der Waals surface area contributed by atoms with Crippen molar-refractivity contribution >= 4 is 22.9 Å². The molecular formula is C27H55N5O5S. The lowest BCUT2D eigenvalue weighted by Gasteiger charge is -2.57. The highest BCUT2D eigenvalue weighted by Gasteiger charge is 2.53. The maximum absolute atomic E-state index is 12.3. The zero-order valence-electron chi connectivity index (χ0n) is 25.1. The molecule has 0 aromatic rings. The second-order valence-electron chi connectivity index (χ2n) is 9.34. The monoisotopic (exact) mass is 561 g/mol. The van der Waals surface area contributed by atoms with Crippen molar-refractivity contribution in [1.82, 2.24) is 14.2 Å². The van der Waals surface area contributed by atoms with Crippen LogP contribution in [0.3, 0.4) is 0 Å². The second-order valence-corrected chi connectivity index (χ2v) is 11.7. The lowest BCUT2D eigenvalue weighted by molar-refractivity contribution is -0.123. The fraction of sp³-hybridized carbons (Fsp3) is 0.778. The second kappa shape index (κ2) is 18.8. The smallest absolute Gasteiger partial charge is 0.244 e. The number of nitrogens with two attached hydrogens (primary N) is 1. The van der Waals surface area contributed by atoms with E-state index in [-0.39, 0.29) is 18.9 Å². The van der Waals surface area contributed by atoms with Gasteiger partial charge in [-0.3, -0.25) is 23.8 Å². The van der Waals surface area contributed by atoms with Gasteiger partial charge in [0.2, 0.25) is 5.91 Å². The van der Waals surface area contributed by atoms with Gasteiger partial charge in [-0.15, -0.1) is 17.4 Å². The molecule has 0 spiro atoms. The number of piperazine rings is 1. The summed E-state index contributed by atoms with van der Waals surface area (Å²) in [6.07, 6.45) is 7.43. The minimum Gasteiger partial charge on any atom is -0.388 e. The standard InChI is InChI=1S/C20H37N5O4S.C3H6.C2H6O.C2H6/c1-4-5-17(3)25-15-16(2)18(14-22-25)23-8-10-24(11-9-23)30(27,28)20(19(21)26)6-12-29-13-7-20;2*1-3-2;1-2/h5,14,16,18,27-28H,4,6-13,15H2,1-3H3,(H2,21,26);3H,1H2,2H3;1-2H3;1-2H3/b17-5+;;;. The molecule has 0 saturated carbocycles. The third-order valence-corrected chi connectivity index (χ3v) is 9.38. The average Bonchev–Trinajstić information content (AvgIpc) is 2.91. The summed E-state index contributed by atoms with van der Waals surface area (Å²) in [6, 6.07) is 0.216. The van der Waals surface area contributed by atoms with Gasteiger partial charge >= 0.3 is 0 Å². The minimum atomic E-state index is -3.34. The van der Waals surface area contributed by atoms with Crippen molar-refractivity contribution < 1.29 is 23.4 Å². The Kier molecular flexibility index (Phi) is 18.0. The number of rotatable bonds is 6. The Balaban J connectivity index is 0.00000153. The molecule has 2 atom stereocenters. The lowest BCUT2D eigenvalue weighted by Crippen LogP contribution is -2.60. The predicted molar refractivity (Wildman–Crippen MR) is 160 cm³/mol. The van der Waals surface area contributed by atoms with Gasteiger partial charge in [-0.1, -0.05) is 39.8 Å². The molecule has 38 heavy (non-hydrogen) atoms. The summed E-state index contributed by atoms with van der Waals surface area (Å²) in [7, 11) is -0.0872. The third kappa shape index (κ3) is 9.62. The molecule has 0 bridgehead atoms. The first kappa shape index (κ1) is 36.5. The van der Waals surface area contributed by atoms with Crippen LogP contribution in [0.5, 0.6) is 0 Å². The molecule has 3 aliphatic rings. The molecule has 3 aliphatic heterocycles. The number of primary amides is 1. The van der Waals surface area contributed by atoms with Crippen molar-refractivity contribution in [2.45, 2.75) is 71.6 Å². The summed E-state index contributed by atoms with van der Waals surface area (Å²) >= 11 is 0. The van der Waals surface area contributed by atoms with Crippen LogP contribution in [0.4, 0.5) is 0 Å². The molecule has 11 heteroatoms. The first-order valence-electron chi connectivity index (χ1n) is 13.7. The van der Waals surface area contributed by atoms with Gasteiger partial charge in [0.25, 0.3) is 0 Å². The van der Waals surface area contributed by atoms with E-state index in [0.29, 0.717) is 45.3 Å². The number of methoxy groups -OCH3 is 1. The SMILES string of the molecule is C=CC.CC.CC/C=C(\C)N1CC(C)C(N2CCN(S(O)(O)C3(C(N)=O)CCOCC3)CC2)C=N1.COC. The van der Waals surface area contributed by atoms with Crippen LogP contribution in [0.25, 0.3) is 0 Å². The number of carbonyl (C=O) groups excluding carboxylic acids is 1. The number of hydrazone groups is 1. The van der Waals surface area contributed by atoms with Gasteiger partial charge in [-0.25, -0.2) is 4.31 Å². The van der Waals surface area contributed by atoms with E-state index in [2.05, 4.69) is 53.2 Å². The number of hydrogen-bond acceptors (Lipinski definition) is 9. The van der Waals surface area contributed by atoms with E-state index in [1.165, 1.54) is 5.70 Å². The zero-order valence-corrected chi connectivity index (χ0v) is 25.9. The summed E-state index contributed by atoms with van der Waals surface area (Å²) in [6.45, 7) is 19.5. The van der Waals surface area contributed by atoms with Crippen LogP contribution in [0.15, 0.2) is 29.5 Å². The number of hydrogen-bond donors (Lipinski definition) is 3. The topological polar surface area (TPSA) is 124 Å². The molecule has 224 valence electrons. The maximum Gasteiger partial charge on any atom is 0.244 e. The fourth-order valence-electron chi connectivity index (χ4n) is 4.67. The average molecular weight is 562 g/mol. The van der Waals surface area contributed by atoms with E-state index in [1.54, 1.807) is 24.6 Å². The predicted octanol–water partition coefficient (Wildman–Crippen LogP) is 4.41. The Morgan fingerprint density at radius 3 is 2.16 bits per heavy atom. The van der Waals surface area contributed by atoms with Crippen molar-refractivity contribution in [2.24, 2.45) is 16.8 Å². The van der Waals surface area contributed by atoms with Gasteiger partial charge in [0.05, 0.1) is 6.04 Å². The molecule has 0 aliphatic carbocycles. The minimum absolute atomic E-state index is 0.216. The normalized spacial score (nSPS) is 24.5.